The van der Waals surface area contributed by atoms with Crippen molar-refractivity contribution in [2.75, 3.05) is 0 Å². The maximum atomic E-state index is 11.8. The van der Waals surface area contributed by atoms with Gasteiger partial charge in [0.1, 0.15) is 24.8 Å². The molecule has 244 valence electrons. The van der Waals surface area contributed by atoms with Crippen molar-refractivity contribution in [3.05, 3.63) is 109 Å². The Morgan fingerprint density at radius 2 is 0.882 bits per heavy atom. The molecule has 0 spiro atoms. The van der Waals surface area contributed by atoms with Crippen molar-refractivity contribution in [1.82, 2.24) is 0 Å². The Labute approximate surface area is 290 Å². The van der Waals surface area contributed by atoms with Crippen LogP contribution < -0.4 is 5.46 Å². The predicted molar refractivity (Wildman–Crippen MR) is 200 cm³/mol. The molecule has 0 aliphatic carbocycles. The number of furan rings is 1. The third-order valence-corrected chi connectivity index (χ3v) is 9.80. The van der Waals surface area contributed by atoms with E-state index in [0.29, 0.717) is 33.1 Å². The molecule has 0 aliphatic heterocycles. The van der Waals surface area contributed by atoms with Crippen LogP contribution in [0.1, 0.15) is 0 Å². The van der Waals surface area contributed by atoms with E-state index in [9.17, 15) is 35.7 Å². The van der Waals surface area contributed by atoms with Crippen molar-refractivity contribution in [3.8, 4) is 73.6 Å². The quantitative estimate of drug-likeness (QED) is 0.0427. The summed E-state index contributed by atoms with van der Waals surface area (Å²) in [4.78, 5) is 0. The number of hydrogen-bond donors (Lipinski definition) is 7. The van der Waals surface area contributed by atoms with Crippen LogP contribution in [0.4, 0.5) is 0 Å². The summed E-state index contributed by atoms with van der Waals surface area (Å²) in [5.74, 6) is -5.74. The SMILES string of the molecule is [B]c1c(O)c(O)c2c(-c3ccc(-c4ccccc4)c4ccccc34)c3c(O)c(O)c(O)c(O)c3c(-c3ccc4oc5ccccc5c4c3)c2c1O. The van der Waals surface area contributed by atoms with Crippen LogP contribution in [0.3, 0.4) is 0 Å². The Morgan fingerprint density at radius 1 is 0.373 bits per heavy atom. The van der Waals surface area contributed by atoms with Crippen LogP contribution >= 0.6 is 0 Å². The highest BCUT2D eigenvalue weighted by Gasteiger charge is 2.32. The molecule has 9 aromatic rings. The van der Waals surface area contributed by atoms with Gasteiger partial charge in [0.15, 0.2) is 23.0 Å². The van der Waals surface area contributed by atoms with Gasteiger partial charge in [-0.15, -0.1) is 0 Å². The Bertz CT molecular complexity index is 2870. The summed E-state index contributed by atoms with van der Waals surface area (Å²) >= 11 is 0. The van der Waals surface area contributed by atoms with Crippen LogP contribution in [0.5, 0.6) is 40.2 Å². The normalized spacial score (nSPS) is 11.8. The van der Waals surface area contributed by atoms with E-state index in [4.69, 9.17) is 12.3 Å². The van der Waals surface area contributed by atoms with E-state index in [0.717, 1.165) is 21.9 Å². The largest absolute Gasteiger partial charge is 0.508 e. The Morgan fingerprint density at radius 3 is 1.57 bits per heavy atom. The van der Waals surface area contributed by atoms with E-state index in [1.165, 1.54) is 0 Å². The van der Waals surface area contributed by atoms with Crippen LogP contribution in [0.25, 0.3) is 87.6 Å². The van der Waals surface area contributed by atoms with Gasteiger partial charge in [-0.05, 0) is 56.7 Å². The zero-order valence-electron chi connectivity index (χ0n) is 26.5. The van der Waals surface area contributed by atoms with E-state index in [-0.39, 0.29) is 32.7 Å². The number of phenols is 7. The zero-order chi connectivity index (χ0) is 35.3. The molecule has 0 bridgehead atoms. The highest BCUT2D eigenvalue weighted by molar-refractivity contribution is 6.41. The summed E-state index contributed by atoms with van der Waals surface area (Å²) in [6.07, 6.45) is 0. The minimum absolute atomic E-state index is 0.0422. The van der Waals surface area contributed by atoms with Crippen molar-refractivity contribution in [1.29, 1.82) is 0 Å². The number of benzene rings is 8. The Balaban J connectivity index is 1.53. The summed E-state index contributed by atoms with van der Waals surface area (Å²) in [5, 5.41) is 82.5. The first-order valence-corrected chi connectivity index (χ1v) is 16.0. The number of fused-ring (bicyclic) bond motifs is 6. The third-order valence-electron chi connectivity index (χ3n) is 9.80. The summed E-state index contributed by atoms with van der Waals surface area (Å²) in [7, 11) is 6.20. The van der Waals surface area contributed by atoms with Crippen molar-refractivity contribution < 1.29 is 40.2 Å². The molecule has 7 N–H and O–H groups in total. The fraction of sp³-hybridized carbons (Fsp3) is 0. The lowest BCUT2D eigenvalue weighted by molar-refractivity contribution is 0.351. The molecule has 2 radical (unpaired) electrons. The molecular formula is C42H25BO8. The molecule has 51 heavy (non-hydrogen) atoms. The third kappa shape index (κ3) is 4.09. The van der Waals surface area contributed by atoms with Crippen LogP contribution in [0.15, 0.2) is 114 Å². The first-order chi connectivity index (χ1) is 24.7. The van der Waals surface area contributed by atoms with E-state index in [2.05, 4.69) is 0 Å². The second kappa shape index (κ2) is 10.8. The minimum atomic E-state index is -1.00. The summed E-state index contributed by atoms with van der Waals surface area (Å²) < 4.78 is 6.03. The van der Waals surface area contributed by atoms with E-state index in [1.54, 1.807) is 24.3 Å². The van der Waals surface area contributed by atoms with Gasteiger partial charge in [-0.25, -0.2) is 0 Å². The molecule has 0 amide bonds. The van der Waals surface area contributed by atoms with E-state index >= 15 is 0 Å². The molecule has 0 saturated carbocycles. The lowest BCUT2D eigenvalue weighted by Gasteiger charge is -2.24. The molecule has 8 nitrogen and oxygen atoms in total. The van der Waals surface area contributed by atoms with Crippen molar-refractivity contribution >= 4 is 67.6 Å². The maximum absolute atomic E-state index is 11.8. The van der Waals surface area contributed by atoms with Gasteiger partial charge in [0.05, 0.1) is 0 Å². The van der Waals surface area contributed by atoms with Crippen LogP contribution in [-0.2, 0) is 0 Å². The average Bonchev–Trinajstić information content (AvgIpc) is 3.54. The second-order valence-electron chi connectivity index (χ2n) is 12.5. The lowest BCUT2D eigenvalue weighted by atomic mass is 9.79. The molecular weight excluding hydrogens is 643 g/mol. The van der Waals surface area contributed by atoms with Gasteiger partial charge >= 0.3 is 0 Å². The fourth-order valence-corrected chi connectivity index (χ4v) is 7.48. The standard InChI is InChI=1S/C42H25BO8/c43-35-36(44)31-29(20-14-17-28-26(18-20)24-12-6-7-13-27(24)51-28)32-34(39(47)42(50)41(49)38(32)46)30(33(31)37(45)40(35)48)25-16-15-21(19-8-2-1-3-9-19)22-10-4-5-11-23(22)25/h1-18,44-50H. The fourth-order valence-electron chi connectivity index (χ4n) is 7.48. The topological polar surface area (TPSA) is 155 Å². The maximum Gasteiger partial charge on any atom is 0.204 e. The van der Waals surface area contributed by atoms with Crippen LogP contribution in [-0.4, -0.2) is 43.6 Å². The van der Waals surface area contributed by atoms with E-state index < -0.39 is 45.7 Å². The van der Waals surface area contributed by atoms with Gasteiger partial charge in [-0.3, -0.25) is 0 Å². The molecule has 8 aromatic carbocycles. The molecule has 9 heteroatoms. The van der Waals surface area contributed by atoms with Crippen molar-refractivity contribution in [2.24, 2.45) is 0 Å². The first-order valence-electron chi connectivity index (χ1n) is 16.0. The molecule has 9 rings (SSSR count). The smallest absolute Gasteiger partial charge is 0.204 e. The van der Waals surface area contributed by atoms with Gasteiger partial charge in [0.2, 0.25) is 11.5 Å². The number of aromatic hydroxyl groups is 7. The first kappa shape index (κ1) is 30.1. The number of rotatable bonds is 3. The Hall–Kier alpha value is -7.00. The zero-order valence-corrected chi connectivity index (χ0v) is 26.5. The molecule has 0 unspecified atom stereocenters. The molecule has 0 fully saturated rings. The Kier molecular flexibility index (Phi) is 6.34. The van der Waals surface area contributed by atoms with Crippen molar-refractivity contribution in [3.63, 3.8) is 0 Å². The van der Waals surface area contributed by atoms with E-state index in [1.807, 2.05) is 84.9 Å². The van der Waals surface area contributed by atoms with Gasteiger partial charge < -0.3 is 40.2 Å². The monoisotopic (exact) mass is 668 g/mol. The summed E-state index contributed by atoms with van der Waals surface area (Å²) in [6.45, 7) is 0. The molecule has 0 saturated heterocycles. The van der Waals surface area contributed by atoms with Gasteiger partial charge in [0.25, 0.3) is 0 Å². The predicted octanol–water partition coefficient (Wildman–Crippen LogP) is 8.78. The minimum Gasteiger partial charge on any atom is -0.508 e. The number of hydrogen-bond acceptors (Lipinski definition) is 8. The molecule has 1 heterocycles. The van der Waals surface area contributed by atoms with Gasteiger partial charge in [-0.1, -0.05) is 91.0 Å². The summed E-state index contributed by atoms with van der Waals surface area (Å²) in [5.41, 5.74) is 3.31. The van der Waals surface area contributed by atoms with Crippen LogP contribution in [0, 0.1) is 0 Å². The number of para-hydroxylation sites is 1. The second-order valence-corrected chi connectivity index (χ2v) is 12.5. The van der Waals surface area contributed by atoms with Crippen molar-refractivity contribution in [2.45, 2.75) is 0 Å². The summed E-state index contributed by atoms with van der Waals surface area (Å²) in [6, 6.07) is 33.3. The van der Waals surface area contributed by atoms with Gasteiger partial charge in [-0.2, -0.15) is 0 Å². The average molecular weight is 668 g/mol. The lowest BCUT2D eigenvalue weighted by Crippen LogP contribution is -2.06. The van der Waals surface area contributed by atoms with Gasteiger partial charge in [0, 0.05) is 43.4 Å². The van der Waals surface area contributed by atoms with Crippen LogP contribution in [0.2, 0.25) is 0 Å². The molecule has 0 atom stereocenters. The number of phenolic OH excluding ortho intramolecular Hbond substituents is 7. The molecule has 0 aliphatic rings. The highest BCUT2D eigenvalue weighted by atomic mass is 16.3. The highest BCUT2D eigenvalue weighted by Crippen LogP contribution is 2.60. The molecule has 1 aromatic heterocycles.